The Labute approximate surface area is 146 Å². The van der Waals surface area contributed by atoms with Crippen LogP contribution in [0.15, 0.2) is 48.9 Å². The molecule has 0 aliphatic carbocycles. The van der Waals surface area contributed by atoms with Gasteiger partial charge in [0, 0.05) is 24.0 Å². The summed E-state index contributed by atoms with van der Waals surface area (Å²) in [5.41, 5.74) is 2.15. The molecule has 1 aromatic carbocycles. The molecule has 0 aliphatic heterocycles. The van der Waals surface area contributed by atoms with Gasteiger partial charge in [-0.2, -0.15) is 0 Å². The second-order valence-electron chi connectivity index (χ2n) is 5.42. The number of halogens is 1. The largest absolute Gasteiger partial charge is 0.477 e. The number of benzene rings is 1. The number of aromatic carboxylic acids is 1. The number of aromatic nitrogens is 4. The molecule has 0 saturated heterocycles. The molecule has 0 unspecified atom stereocenters. The molecule has 0 aliphatic rings. The van der Waals surface area contributed by atoms with Crippen molar-refractivity contribution in [3.05, 3.63) is 65.2 Å². The molecule has 2 N–H and O–H groups in total. The van der Waals surface area contributed by atoms with Crippen LogP contribution < -0.4 is 5.32 Å². The number of nitrogens with zero attached hydrogens (tertiary/aromatic N) is 4. The summed E-state index contributed by atoms with van der Waals surface area (Å²) in [5, 5.41) is 13.9. The Hall–Kier alpha value is -3.19. The first-order chi connectivity index (χ1) is 12.1. The van der Waals surface area contributed by atoms with Crippen molar-refractivity contribution >= 4 is 40.1 Å². The molecule has 0 saturated carbocycles. The summed E-state index contributed by atoms with van der Waals surface area (Å²) < 4.78 is 1.48. The van der Waals surface area contributed by atoms with Crippen molar-refractivity contribution < 1.29 is 9.90 Å². The maximum Gasteiger partial charge on any atom is 0.354 e. The topological polar surface area (TPSA) is 92.4 Å². The van der Waals surface area contributed by atoms with Gasteiger partial charge in [-0.1, -0.05) is 23.7 Å². The van der Waals surface area contributed by atoms with Crippen molar-refractivity contribution in [3.8, 4) is 0 Å². The van der Waals surface area contributed by atoms with Crippen LogP contribution in [0.2, 0.25) is 5.02 Å². The first-order valence-electron chi connectivity index (χ1n) is 7.46. The lowest BCUT2D eigenvalue weighted by molar-refractivity contribution is 0.0689. The molecular weight excluding hydrogens is 342 g/mol. The highest BCUT2D eigenvalue weighted by atomic mass is 35.5. The summed E-state index contributed by atoms with van der Waals surface area (Å²) in [5.74, 6) is -0.688. The third-order valence-electron chi connectivity index (χ3n) is 3.80. The lowest BCUT2D eigenvalue weighted by Gasteiger charge is -2.11. The van der Waals surface area contributed by atoms with E-state index in [0.29, 0.717) is 34.1 Å². The second-order valence-corrected chi connectivity index (χ2v) is 5.86. The Kier molecular flexibility index (Phi) is 3.70. The molecule has 0 atom stereocenters. The van der Waals surface area contributed by atoms with Gasteiger partial charge >= 0.3 is 5.97 Å². The Morgan fingerprint density at radius 1 is 1.28 bits per heavy atom. The van der Waals surface area contributed by atoms with E-state index in [4.69, 9.17) is 11.6 Å². The lowest BCUT2D eigenvalue weighted by Crippen LogP contribution is -2.11. The number of carboxylic acids is 1. The van der Waals surface area contributed by atoms with Crippen molar-refractivity contribution in [1.82, 2.24) is 19.4 Å². The van der Waals surface area contributed by atoms with E-state index in [2.05, 4.69) is 20.3 Å². The van der Waals surface area contributed by atoms with E-state index in [1.807, 2.05) is 18.2 Å². The molecule has 7 nitrogen and oxygen atoms in total. The summed E-state index contributed by atoms with van der Waals surface area (Å²) in [4.78, 5) is 24.4. The fourth-order valence-corrected chi connectivity index (χ4v) is 2.89. The minimum Gasteiger partial charge on any atom is -0.477 e. The monoisotopic (exact) mass is 353 g/mol. The van der Waals surface area contributed by atoms with E-state index in [-0.39, 0.29) is 5.69 Å². The predicted octanol–water partition coefficient (Wildman–Crippen LogP) is 3.24. The number of nitrogens with one attached hydrogen (secondary N) is 1. The molecule has 0 spiro atoms. The van der Waals surface area contributed by atoms with Gasteiger partial charge in [-0.25, -0.2) is 14.8 Å². The van der Waals surface area contributed by atoms with Crippen LogP contribution in [0.25, 0.3) is 16.6 Å². The highest BCUT2D eigenvalue weighted by Crippen LogP contribution is 2.23. The molecule has 0 fully saturated rings. The minimum absolute atomic E-state index is 0.0295. The van der Waals surface area contributed by atoms with E-state index in [1.165, 1.54) is 10.6 Å². The van der Waals surface area contributed by atoms with E-state index >= 15 is 0 Å². The normalized spacial score (nSPS) is 11.1. The van der Waals surface area contributed by atoms with Gasteiger partial charge in [0.25, 0.3) is 0 Å². The summed E-state index contributed by atoms with van der Waals surface area (Å²) in [6.07, 6.45) is 4.57. The van der Waals surface area contributed by atoms with Crippen LogP contribution >= 0.6 is 11.6 Å². The van der Waals surface area contributed by atoms with Crippen molar-refractivity contribution in [2.75, 3.05) is 5.32 Å². The smallest absolute Gasteiger partial charge is 0.354 e. The van der Waals surface area contributed by atoms with E-state index in [1.54, 1.807) is 24.5 Å². The molecule has 0 bridgehead atoms. The zero-order valence-electron chi connectivity index (χ0n) is 12.8. The number of hydrogen-bond donors (Lipinski definition) is 2. The van der Waals surface area contributed by atoms with Gasteiger partial charge in [0.15, 0.2) is 11.3 Å². The van der Waals surface area contributed by atoms with E-state index in [0.717, 1.165) is 5.56 Å². The summed E-state index contributed by atoms with van der Waals surface area (Å²) in [6, 6.07) is 9.17. The number of carbonyl (C=O) groups is 1. The average molecular weight is 354 g/mol. The van der Waals surface area contributed by atoms with Crippen molar-refractivity contribution in [3.63, 3.8) is 0 Å². The predicted molar refractivity (Wildman–Crippen MR) is 94.0 cm³/mol. The minimum atomic E-state index is -1.08. The van der Waals surface area contributed by atoms with Crippen molar-refractivity contribution in [2.45, 2.75) is 6.54 Å². The summed E-state index contributed by atoms with van der Waals surface area (Å²) in [7, 11) is 0. The number of imidazole rings is 1. The fraction of sp³-hybridized carbons (Fsp3) is 0.0588. The molecule has 0 radical (unpaired) electrons. The van der Waals surface area contributed by atoms with Crippen LogP contribution in [-0.4, -0.2) is 30.4 Å². The standard InChI is InChI=1S/C17H12ClN5O2/c18-11-3-1-2-10(6-11)7-21-17-22-13-4-5-19-8-12(13)15-20-9-14(16(24)25)23(15)17/h1-6,8-9H,7H2,(H,21,22)(H,24,25). The number of hydrogen-bond acceptors (Lipinski definition) is 5. The number of fused-ring (bicyclic) bond motifs is 3. The van der Waals surface area contributed by atoms with Gasteiger partial charge in [0.2, 0.25) is 5.95 Å². The Balaban J connectivity index is 1.85. The lowest BCUT2D eigenvalue weighted by atomic mass is 10.2. The van der Waals surface area contributed by atoms with Crippen LogP contribution in [-0.2, 0) is 6.54 Å². The molecule has 4 rings (SSSR count). The third kappa shape index (κ3) is 2.74. The van der Waals surface area contributed by atoms with Crippen LogP contribution in [0.1, 0.15) is 16.1 Å². The molecule has 25 heavy (non-hydrogen) atoms. The number of carboxylic acid groups (broad SMARTS) is 1. The van der Waals surface area contributed by atoms with Gasteiger partial charge < -0.3 is 10.4 Å². The Bertz CT molecular complexity index is 1110. The van der Waals surface area contributed by atoms with Gasteiger partial charge in [0.05, 0.1) is 17.1 Å². The molecular formula is C17H12ClN5O2. The van der Waals surface area contributed by atoms with Crippen molar-refractivity contribution in [2.24, 2.45) is 0 Å². The first kappa shape index (κ1) is 15.3. The maximum atomic E-state index is 11.5. The number of rotatable bonds is 4. The van der Waals surface area contributed by atoms with Crippen LogP contribution in [0, 0.1) is 0 Å². The van der Waals surface area contributed by atoms with E-state index < -0.39 is 5.97 Å². The van der Waals surface area contributed by atoms with Gasteiger partial charge in [-0.05, 0) is 23.8 Å². The molecule has 124 valence electrons. The molecule has 0 amide bonds. The second kappa shape index (κ2) is 6.03. The third-order valence-corrected chi connectivity index (χ3v) is 4.03. The van der Waals surface area contributed by atoms with Crippen LogP contribution in [0.3, 0.4) is 0 Å². The zero-order chi connectivity index (χ0) is 17.4. The SMILES string of the molecule is O=C(O)c1cnc2c3cnccc3nc(NCc3cccc(Cl)c3)n12. The van der Waals surface area contributed by atoms with Gasteiger partial charge in [-0.3, -0.25) is 9.38 Å². The zero-order valence-corrected chi connectivity index (χ0v) is 13.6. The van der Waals surface area contributed by atoms with Crippen LogP contribution in [0.4, 0.5) is 5.95 Å². The molecule has 3 aromatic heterocycles. The van der Waals surface area contributed by atoms with Gasteiger partial charge in [-0.15, -0.1) is 0 Å². The molecule has 4 aromatic rings. The number of anilines is 1. The Morgan fingerprint density at radius 2 is 2.16 bits per heavy atom. The quantitative estimate of drug-likeness (QED) is 0.585. The Morgan fingerprint density at radius 3 is 2.96 bits per heavy atom. The highest BCUT2D eigenvalue weighted by molar-refractivity contribution is 6.30. The summed E-state index contributed by atoms with van der Waals surface area (Å²) in [6.45, 7) is 0.441. The van der Waals surface area contributed by atoms with E-state index in [9.17, 15) is 9.90 Å². The van der Waals surface area contributed by atoms with Gasteiger partial charge in [0.1, 0.15) is 0 Å². The first-order valence-corrected chi connectivity index (χ1v) is 7.84. The van der Waals surface area contributed by atoms with Crippen LogP contribution in [0.5, 0.6) is 0 Å². The maximum absolute atomic E-state index is 11.5. The average Bonchev–Trinajstić information content (AvgIpc) is 3.05. The molecule has 8 heteroatoms. The molecule has 3 heterocycles. The fourth-order valence-electron chi connectivity index (χ4n) is 2.67. The number of pyridine rings is 1. The highest BCUT2D eigenvalue weighted by Gasteiger charge is 2.17. The van der Waals surface area contributed by atoms with Crippen molar-refractivity contribution in [1.29, 1.82) is 0 Å². The summed E-state index contributed by atoms with van der Waals surface area (Å²) >= 11 is 6.01.